The van der Waals surface area contributed by atoms with E-state index in [2.05, 4.69) is 5.32 Å². The average Bonchev–Trinajstić information content (AvgIpc) is 3.23. The molecule has 0 aliphatic rings. The lowest BCUT2D eigenvalue weighted by Gasteiger charge is -2.07. The second-order valence-corrected chi connectivity index (χ2v) is 5.68. The van der Waals surface area contributed by atoms with Crippen LogP contribution in [0.4, 0.5) is 5.69 Å². The number of hydrogen-bond donors (Lipinski definition) is 1. The van der Waals surface area contributed by atoms with Gasteiger partial charge >= 0.3 is 5.97 Å². The number of benzene rings is 2. The number of hydrogen-bond acceptors (Lipinski definition) is 5. The molecule has 28 heavy (non-hydrogen) atoms. The Morgan fingerprint density at radius 1 is 1.07 bits per heavy atom. The zero-order chi connectivity index (χ0) is 19.8. The third-order valence-corrected chi connectivity index (χ3v) is 3.67. The highest BCUT2D eigenvalue weighted by atomic mass is 16.5. The number of rotatable bonds is 7. The molecule has 3 rings (SSSR count). The molecule has 1 aromatic heterocycles. The summed E-state index contributed by atoms with van der Waals surface area (Å²) in [5, 5.41) is 2.68. The minimum absolute atomic E-state index is 0.193. The van der Waals surface area contributed by atoms with E-state index >= 15 is 0 Å². The van der Waals surface area contributed by atoms with E-state index in [4.69, 9.17) is 13.9 Å². The first-order valence-corrected chi connectivity index (χ1v) is 8.72. The van der Waals surface area contributed by atoms with Gasteiger partial charge in [-0.15, -0.1) is 0 Å². The SMILES string of the molecule is CCOc1ccccc1/C=C/C(=O)Oc1cccc(NC(=O)c2ccco2)c1. The van der Waals surface area contributed by atoms with Crippen LogP contribution in [0.15, 0.2) is 77.4 Å². The number of para-hydroxylation sites is 1. The summed E-state index contributed by atoms with van der Waals surface area (Å²) in [7, 11) is 0. The molecule has 0 aliphatic heterocycles. The molecule has 6 heteroatoms. The third kappa shape index (κ3) is 5.11. The summed E-state index contributed by atoms with van der Waals surface area (Å²) in [5.74, 6) is 0.265. The van der Waals surface area contributed by atoms with Gasteiger partial charge in [-0.25, -0.2) is 4.79 Å². The first-order chi connectivity index (χ1) is 13.7. The minimum Gasteiger partial charge on any atom is -0.493 e. The smallest absolute Gasteiger partial charge is 0.336 e. The van der Waals surface area contributed by atoms with E-state index in [1.54, 1.807) is 42.5 Å². The van der Waals surface area contributed by atoms with E-state index < -0.39 is 5.97 Å². The summed E-state index contributed by atoms with van der Waals surface area (Å²) in [6.07, 6.45) is 4.38. The highest BCUT2D eigenvalue weighted by Gasteiger charge is 2.10. The lowest BCUT2D eigenvalue weighted by Crippen LogP contribution is -2.11. The second-order valence-electron chi connectivity index (χ2n) is 5.68. The van der Waals surface area contributed by atoms with Crippen molar-refractivity contribution in [1.82, 2.24) is 0 Å². The molecule has 2 aromatic carbocycles. The van der Waals surface area contributed by atoms with Crippen molar-refractivity contribution in [2.45, 2.75) is 6.92 Å². The first kappa shape index (κ1) is 19.0. The van der Waals surface area contributed by atoms with Crippen LogP contribution in [-0.4, -0.2) is 18.5 Å². The van der Waals surface area contributed by atoms with Crippen LogP contribution < -0.4 is 14.8 Å². The molecule has 0 aliphatic carbocycles. The van der Waals surface area contributed by atoms with Crippen molar-refractivity contribution in [2.75, 3.05) is 11.9 Å². The van der Waals surface area contributed by atoms with Gasteiger partial charge < -0.3 is 19.2 Å². The molecule has 0 saturated heterocycles. The van der Waals surface area contributed by atoms with Gasteiger partial charge in [-0.3, -0.25) is 4.79 Å². The molecule has 142 valence electrons. The van der Waals surface area contributed by atoms with Crippen molar-refractivity contribution in [3.8, 4) is 11.5 Å². The molecule has 0 atom stereocenters. The van der Waals surface area contributed by atoms with E-state index in [0.717, 1.165) is 5.56 Å². The van der Waals surface area contributed by atoms with Gasteiger partial charge in [0.2, 0.25) is 0 Å². The van der Waals surface area contributed by atoms with Gasteiger partial charge in [0.05, 0.1) is 12.9 Å². The fourth-order valence-electron chi connectivity index (χ4n) is 2.45. The summed E-state index contributed by atoms with van der Waals surface area (Å²) in [6, 6.07) is 17.1. The summed E-state index contributed by atoms with van der Waals surface area (Å²) in [4.78, 5) is 24.1. The number of carbonyl (C=O) groups excluding carboxylic acids is 2. The first-order valence-electron chi connectivity index (χ1n) is 8.72. The Balaban J connectivity index is 1.64. The number of carbonyl (C=O) groups is 2. The Bertz CT molecular complexity index is 976. The largest absolute Gasteiger partial charge is 0.493 e. The molecule has 0 radical (unpaired) electrons. The Hall–Kier alpha value is -3.80. The van der Waals surface area contributed by atoms with Crippen LogP contribution in [0.3, 0.4) is 0 Å². The summed E-state index contributed by atoms with van der Waals surface area (Å²) in [6.45, 7) is 2.43. The standard InChI is InChI=1S/C22H19NO5/c1-2-26-19-10-4-3-7-16(19)12-13-21(24)28-18-9-5-8-17(15-18)23-22(25)20-11-6-14-27-20/h3-15H,2H2,1H3,(H,23,25)/b13-12+. The Labute approximate surface area is 162 Å². The van der Waals surface area contributed by atoms with Gasteiger partial charge in [-0.1, -0.05) is 24.3 Å². The number of anilines is 1. The van der Waals surface area contributed by atoms with Crippen molar-refractivity contribution >= 4 is 23.6 Å². The molecule has 1 amide bonds. The zero-order valence-corrected chi connectivity index (χ0v) is 15.3. The molecular formula is C22H19NO5. The maximum Gasteiger partial charge on any atom is 0.336 e. The molecule has 0 fully saturated rings. The van der Waals surface area contributed by atoms with Crippen molar-refractivity contribution in [2.24, 2.45) is 0 Å². The highest BCUT2D eigenvalue weighted by molar-refractivity contribution is 6.02. The Morgan fingerprint density at radius 3 is 2.71 bits per heavy atom. The van der Waals surface area contributed by atoms with E-state index in [1.165, 1.54) is 12.3 Å². The van der Waals surface area contributed by atoms with Crippen LogP contribution in [0.1, 0.15) is 23.0 Å². The van der Waals surface area contributed by atoms with Gasteiger partial charge in [-0.2, -0.15) is 0 Å². The monoisotopic (exact) mass is 377 g/mol. The molecule has 3 aromatic rings. The van der Waals surface area contributed by atoms with Crippen LogP contribution in [0.5, 0.6) is 11.5 Å². The van der Waals surface area contributed by atoms with Crippen LogP contribution >= 0.6 is 0 Å². The second kappa shape index (κ2) is 9.23. The zero-order valence-electron chi connectivity index (χ0n) is 15.3. The summed E-state index contributed by atoms with van der Waals surface area (Å²) in [5.41, 5.74) is 1.26. The number of nitrogens with one attached hydrogen (secondary N) is 1. The van der Waals surface area contributed by atoms with Crippen molar-refractivity contribution in [3.63, 3.8) is 0 Å². The van der Waals surface area contributed by atoms with E-state index in [0.29, 0.717) is 23.8 Å². The quantitative estimate of drug-likeness (QED) is 0.371. The molecule has 1 N–H and O–H groups in total. The Kier molecular flexibility index (Phi) is 6.25. The minimum atomic E-state index is -0.541. The average molecular weight is 377 g/mol. The van der Waals surface area contributed by atoms with E-state index in [-0.39, 0.29) is 11.7 Å². The predicted molar refractivity (Wildman–Crippen MR) is 105 cm³/mol. The van der Waals surface area contributed by atoms with E-state index in [1.807, 2.05) is 31.2 Å². The van der Waals surface area contributed by atoms with Gasteiger partial charge in [0.25, 0.3) is 5.91 Å². The Morgan fingerprint density at radius 2 is 1.93 bits per heavy atom. The van der Waals surface area contributed by atoms with Crippen molar-refractivity contribution in [3.05, 3.63) is 84.3 Å². The molecule has 0 unspecified atom stereocenters. The maximum atomic E-state index is 12.1. The molecule has 0 spiro atoms. The highest BCUT2D eigenvalue weighted by Crippen LogP contribution is 2.21. The number of amides is 1. The number of esters is 1. The van der Waals surface area contributed by atoms with Crippen LogP contribution in [0.2, 0.25) is 0 Å². The predicted octanol–water partition coefficient (Wildman–Crippen LogP) is 4.55. The van der Waals surface area contributed by atoms with Gasteiger partial charge in [0.1, 0.15) is 11.5 Å². The molecule has 0 bridgehead atoms. The molecular weight excluding hydrogens is 358 g/mol. The molecule has 0 saturated carbocycles. The molecule has 1 heterocycles. The number of ether oxygens (including phenoxy) is 2. The van der Waals surface area contributed by atoms with Crippen LogP contribution in [0, 0.1) is 0 Å². The maximum absolute atomic E-state index is 12.1. The topological polar surface area (TPSA) is 77.8 Å². The number of furan rings is 1. The summed E-state index contributed by atoms with van der Waals surface area (Å²) >= 11 is 0. The van der Waals surface area contributed by atoms with Crippen molar-refractivity contribution < 1.29 is 23.5 Å². The van der Waals surface area contributed by atoms with Gasteiger partial charge in [-0.05, 0) is 43.3 Å². The lowest BCUT2D eigenvalue weighted by atomic mass is 10.2. The fourth-order valence-corrected chi connectivity index (χ4v) is 2.45. The van der Waals surface area contributed by atoms with Gasteiger partial charge in [0, 0.05) is 23.4 Å². The van der Waals surface area contributed by atoms with Crippen LogP contribution in [-0.2, 0) is 4.79 Å². The van der Waals surface area contributed by atoms with Gasteiger partial charge in [0.15, 0.2) is 5.76 Å². The lowest BCUT2D eigenvalue weighted by molar-refractivity contribution is -0.128. The summed E-state index contributed by atoms with van der Waals surface area (Å²) < 4.78 is 15.9. The molecule has 6 nitrogen and oxygen atoms in total. The van der Waals surface area contributed by atoms with Crippen molar-refractivity contribution in [1.29, 1.82) is 0 Å². The third-order valence-electron chi connectivity index (χ3n) is 3.67. The van der Waals surface area contributed by atoms with E-state index in [9.17, 15) is 9.59 Å². The van der Waals surface area contributed by atoms with Crippen LogP contribution in [0.25, 0.3) is 6.08 Å². The fraction of sp³-hybridized carbons (Fsp3) is 0.0909. The normalized spacial score (nSPS) is 10.6.